The van der Waals surface area contributed by atoms with E-state index in [4.69, 9.17) is 17.3 Å². The van der Waals surface area contributed by atoms with Gasteiger partial charge in [0, 0.05) is 5.39 Å². The Kier molecular flexibility index (Phi) is 2.61. The summed E-state index contributed by atoms with van der Waals surface area (Å²) in [5.74, 6) is 0. The van der Waals surface area contributed by atoms with Gasteiger partial charge in [-0.05, 0) is 37.1 Å². The molecule has 1 aliphatic heterocycles. The van der Waals surface area contributed by atoms with E-state index in [0.29, 0.717) is 5.69 Å². The lowest BCUT2D eigenvalue weighted by Crippen LogP contribution is -2.15. The standard InChI is InChI=1S/C12H13ClN4/c13-12-16-10-7(3-1-4-8(10)14)11(17-12)9-5-2-6-15-9/h1,3-4,9,15H,2,5-6,14H2. The fourth-order valence-electron chi connectivity index (χ4n) is 2.35. The van der Waals surface area contributed by atoms with E-state index >= 15 is 0 Å². The Morgan fingerprint density at radius 3 is 3.00 bits per heavy atom. The Balaban J connectivity index is 2.25. The number of fused-ring (bicyclic) bond motifs is 1. The summed E-state index contributed by atoms with van der Waals surface area (Å²) in [6, 6.07) is 6.02. The Morgan fingerprint density at radius 1 is 1.35 bits per heavy atom. The van der Waals surface area contributed by atoms with Crippen molar-refractivity contribution in [3.8, 4) is 0 Å². The first-order chi connectivity index (χ1) is 8.25. The second-order valence-electron chi connectivity index (χ2n) is 4.27. The molecule has 5 heteroatoms. The molecule has 1 unspecified atom stereocenters. The fourth-order valence-corrected chi connectivity index (χ4v) is 2.53. The lowest BCUT2D eigenvalue weighted by Gasteiger charge is -2.13. The zero-order chi connectivity index (χ0) is 11.8. The molecular weight excluding hydrogens is 236 g/mol. The molecule has 1 fully saturated rings. The normalized spacial score (nSPS) is 19.9. The molecule has 1 saturated heterocycles. The quantitative estimate of drug-likeness (QED) is 0.600. The minimum absolute atomic E-state index is 0.263. The van der Waals surface area contributed by atoms with Crippen molar-refractivity contribution in [2.75, 3.05) is 12.3 Å². The van der Waals surface area contributed by atoms with E-state index in [-0.39, 0.29) is 11.3 Å². The highest BCUT2D eigenvalue weighted by Crippen LogP contribution is 2.30. The zero-order valence-electron chi connectivity index (χ0n) is 9.28. The number of nitrogen functional groups attached to an aromatic ring is 1. The van der Waals surface area contributed by atoms with Gasteiger partial charge in [0.25, 0.3) is 0 Å². The number of halogens is 1. The summed E-state index contributed by atoms with van der Waals surface area (Å²) in [5.41, 5.74) is 8.28. The number of hydrogen-bond acceptors (Lipinski definition) is 4. The van der Waals surface area contributed by atoms with Gasteiger partial charge in [-0.15, -0.1) is 0 Å². The molecule has 88 valence electrons. The topological polar surface area (TPSA) is 63.8 Å². The Labute approximate surface area is 104 Å². The molecule has 4 nitrogen and oxygen atoms in total. The van der Waals surface area contributed by atoms with Gasteiger partial charge in [0.05, 0.1) is 22.9 Å². The highest BCUT2D eigenvalue weighted by atomic mass is 35.5. The lowest BCUT2D eigenvalue weighted by molar-refractivity contribution is 0.632. The maximum atomic E-state index is 5.97. The maximum Gasteiger partial charge on any atom is 0.223 e. The average Bonchev–Trinajstić information content (AvgIpc) is 2.83. The second-order valence-corrected chi connectivity index (χ2v) is 4.61. The molecule has 0 aliphatic carbocycles. The molecule has 0 saturated carbocycles. The van der Waals surface area contributed by atoms with Gasteiger partial charge in [-0.3, -0.25) is 0 Å². The van der Waals surface area contributed by atoms with Crippen LogP contribution in [0.15, 0.2) is 18.2 Å². The van der Waals surface area contributed by atoms with Crippen molar-refractivity contribution in [2.45, 2.75) is 18.9 Å². The third-order valence-electron chi connectivity index (χ3n) is 3.15. The van der Waals surface area contributed by atoms with Gasteiger partial charge in [0.1, 0.15) is 0 Å². The number of nitrogens with zero attached hydrogens (tertiary/aromatic N) is 2. The van der Waals surface area contributed by atoms with Gasteiger partial charge >= 0.3 is 0 Å². The minimum Gasteiger partial charge on any atom is -0.397 e. The number of para-hydroxylation sites is 1. The molecule has 3 N–H and O–H groups in total. The lowest BCUT2D eigenvalue weighted by atomic mass is 10.1. The smallest absolute Gasteiger partial charge is 0.223 e. The molecule has 3 rings (SSSR count). The molecule has 0 bridgehead atoms. The Hall–Kier alpha value is -1.39. The summed E-state index contributed by atoms with van der Waals surface area (Å²) in [7, 11) is 0. The van der Waals surface area contributed by atoms with E-state index in [1.165, 1.54) is 0 Å². The van der Waals surface area contributed by atoms with Crippen molar-refractivity contribution in [2.24, 2.45) is 0 Å². The van der Waals surface area contributed by atoms with E-state index in [1.54, 1.807) is 0 Å². The van der Waals surface area contributed by atoms with Gasteiger partial charge in [0.15, 0.2) is 0 Å². The number of aromatic nitrogens is 2. The third-order valence-corrected chi connectivity index (χ3v) is 3.32. The molecule has 1 aromatic heterocycles. The summed E-state index contributed by atoms with van der Waals surface area (Å²) in [6.07, 6.45) is 2.24. The molecule has 0 radical (unpaired) electrons. The van der Waals surface area contributed by atoms with Crippen LogP contribution in [0.3, 0.4) is 0 Å². The van der Waals surface area contributed by atoms with Crippen molar-refractivity contribution in [3.63, 3.8) is 0 Å². The highest BCUT2D eigenvalue weighted by Gasteiger charge is 2.21. The molecule has 0 amide bonds. The zero-order valence-corrected chi connectivity index (χ0v) is 10.0. The van der Waals surface area contributed by atoms with Crippen molar-refractivity contribution in [3.05, 3.63) is 29.2 Å². The summed E-state index contributed by atoms with van der Waals surface area (Å²) in [6.45, 7) is 1.02. The molecule has 0 spiro atoms. The van der Waals surface area contributed by atoms with Gasteiger partial charge in [0.2, 0.25) is 5.28 Å². The first kappa shape index (κ1) is 10.7. The molecule has 1 aliphatic rings. The van der Waals surface area contributed by atoms with Gasteiger partial charge < -0.3 is 11.1 Å². The van der Waals surface area contributed by atoms with Gasteiger partial charge in [-0.25, -0.2) is 9.97 Å². The van der Waals surface area contributed by atoms with Crippen LogP contribution in [-0.2, 0) is 0 Å². The van der Waals surface area contributed by atoms with Crippen LogP contribution in [0.5, 0.6) is 0 Å². The second kappa shape index (κ2) is 4.13. The number of nitrogens with one attached hydrogen (secondary N) is 1. The average molecular weight is 249 g/mol. The number of nitrogens with two attached hydrogens (primary N) is 1. The number of benzene rings is 1. The molecule has 17 heavy (non-hydrogen) atoms. The molecule has 1 aromatic carbocycles. The van der Waals surface area contributed by atoms with E-state index in [0.717, 1.165) is 36.0 Å². The van der Waals surface area contributed by atoms with Crippen LogP contribution in [0.25, 0.3) is 10.9 Å². The highest BCUT2D eigenvalue weighted by molar-refractivity contribution is 6.28. The number of hydrogen-bond donors (Lipinski definition) is 2. The maximum absolute atomic E-state index is 5.97. The van der Waals surface area contributed by atoms with Gasteiger partial charge in [-0.1, -0.05) is 12.1 Å². The Morgan fingerprint density at radius 2 is 2.24 bits per heavy atom. The predicted molar refractivity (Wildman–Crippen MR) is 68.9 cm³/mol. The molecular formula is C12H13ClN4. The van der Waals surface area contributed by atoms with E-state index in [1.807, 2.05) is 18.2 Å². The van der Waals surface area contributed by atoms with Crippen LogP contribution < -0.4 is 11.1 Å². The summed E-state index contributed by atoms with van der Waals surface area (Å²) in [5, 5.41) is 4.68. The van der Waals surface area contributed by atoms with Crippen LogP contribution in [-0.4, -0.2) is 16.5 Å². The van der Waals surface area contributed by atoms with Crippen molar-refractivity contribution < 1.29 is 0 Å². The van der Waals surface area contributed by atoms with Crippen molar-refractivity contribution in [1.82, 2.24) is 15.3 Å². The van der Waals surface area contributed by atoms with Crippen LogP contribution in [0.1, 0.15) is 24.6 Å². The molecule has 1 atom stereocenters. The van der Waals surface area contributed by atoms with Crippen molar-refractivity contribution >= 4 is 28.2 Å². The molecule has 2 aromatic rings. The van der Waals surface area contributed by atoms with Crippen LogP contribution in [0, 0.1) is 0 Å². The fraction of sp³-hybridized carbons (Fsp3) is 0.333. The monoisotopic (exact) mass is 248 g/mol. The first-order valence-corrected chi connectivity index (χ1v) is 6.08. The SMILES string of the molecule is Nc1cccc2c(C3CCCN3)nc(Cl)nc12. The van der Waals surface area contributed by atoms with Crippen LogP contribution >= 0.6 is 11.6 Å². The van der Waals surface area contributed by atoms with Crippen molar-refractivity contribution in [1.29, 1.82) is 0 Å². The van der Waals surface area contributed by atoms with Gasteiger partial charge in [-0.2, -0.15) is 0 Å². The van der Waals surface area contributed by atoms with E-state index in [9.17, 15) is 0 Å². The molecule has 2 heterocycles. The summed E-state index contributed by atoms with van der Waals surface area (Å²) < 4.78 is 0. The van der Waals surface area contributed by atoms with Crippen LogP contribution in [0.4, 0.5) is 5.69 Å². The number of rotatable bonds is 1. The third kappa shape index (κ3) is 1.83. The predicted octanol–water partition coefficient (Wildman–Crippen LogP) is 2.29. The largest absolute Gasteiger partial charge is 0.397 e. The van der Waals surface area contributed by atoms with E-state index < -0.39 is 0 Å². The van der Waals surface area contributed by atoms with E-state index in [2.05, 4.69) is 15.3 Å². The minimum atomic E-state index is 0.263. The first-order valence-electron chi connectivity index (χ1n) is 5.71. The number of anilines is 1. The Bertz CT molecular complexity index is 564. The summed E-state index contributed by atoms with van der Waals surface area (Å²) >= 11 is 5.97. The summed E-state index contributed by atoms with van der Waals surface area (Å²) in [4.78, 5) is 8.57. The van der Waals surface area contributed by atoms with Crippen LogP contribution in [0.2, 0.25) is 5.28 Å².